The van der Waals surface area contributed by atoms with Gasteiger partial charge in [-0.05, 0) is 33.9 Å². The predicted octanol–water partition coefficient (Wildman–Crippen LogP) is 0.819. The molecule has 1 rings (SSSR count). The summed E-state index contributed by atoms with van der Waals surface area (Å²) in [5.41, 5.74) is 2.37. The SMILES string of the molecule is CC1CN(C)CCCN1C(=O)C(C)(N)C(F)(F)F. The second-order valence-corrected chi connectivity index (χ2v) is 5.16. The van der Waals surface area contributed by atoms with Crippen LogP contribution in [0.15, 0.2) is 0 Å². The van der Waals surface area contributed by atoms with Gasteiger partial charge in [0.15, 0.2) is 5.54 Å². The van der Waals surface area contributed by atoms with E-state index in [1.54, 1.807) is 6.92 Å². The highest BCUT2D eigenvalue weighted by molar-refractivity contribution is 5.87. The third-order valence-electron chi connectivity index (χ3n) is 3.34. The van der Waals surface area contributed by atoms with Crippen molar-refractivity contribution in [1.29, 1.82) is 0 Å². The standard InChI is InChI=1S/C11H20F3N3O/c1-8-7-16(3)5-4-6-17(8)9(18)10(2,15)11(12,13)14/h8H,4-7,15H2,1-3H3. The topological polar surface area (TPSA) is 49.6 Å². The zero-order chi connectivity index (χ0) is 14.1. The average molecular weight is 267 g/mol. The van der Waals surface area contributed by atoms with Gasteiger partial charge in [0.25, 0.3) is 5.91 Å². The van der Waals surface area contributed by atoms with Gasteiger partial charge in [0.2, 0.25) is 0 Å². The molecule has 4 nitrogen and oxygen atoms in total. The summed E-state index contributed by atoms with van der Waals surface area (Å²) in [6, 6.07) is -0.268. The van der Waals surface area contributed by atoms with Crippen molar-refractivity contribution in [3.63, 3.8) is 0 Å². The minimum absolute atomic E-state index is 0.268. The zero-order valence-electron chi connectivity index (χ0n) is 10.9. The molecule has 1 saturated heterocycles. The summed E-state index contributed by atoms with van der Waals surface area (Å²) in [5.74, 6) is -1.04. The van der Waals surface area contributed by atoms with Crippen LogP contribution in [0.1, 0.15) is 20.3 Å². The number of hydrogen-bond acceptors (Lipinski definition) is 3. The second-order valence-electron chi connectivity index (χ2n) is 5.16. The molecular weight excluding hydrogens is 247 g/mol. The van der Waals surface area contributed by atoms with Crippen molar-refractivity contribution in [1.82, 2.24) is 9.80 Å². The largest absolute Gasteiger partial charge is 0.415 e. The highest BCUT2D eigenvalue weighted by Crippen LogP contribution is 2.30. The van der Waals surface area contributed by atoms with Gasteiger partial charge in [0.1, 0.15) is 0 Å². The maximum absolute atomic E-state index is 12.8. The number of halogens is 3. The van der Waals surface area contributed by atoms with E-state index in [1.807, 2.05) is 11.9 Å². The Morgan fingerprint density at radius 3 is 2.39 bits per heavy atom. The van der Waals surface area contributed by atoms with Crippen LogP contribution < -0.4 is 5.73 Å². The Bertz CT molecular complexity index is 317. The number of rotatable bonds is 1. The first-order valence-corrected chi connectivity index (χ1v) is 5.92. The lowest BCUT2D eigenvalue weighted by Gasteiger charge is -2.35. The number of nitrogens with two attached hydrogens (primary N) is 1. The van der Waals surface area contributed by atoms with Crippen LogP contribution in [0.3, 0.4) is 0 Å². The molecule has 1 amide bonds. The lowest BCUT2D eigenvalue weighted by atomic mass is 10.00. The van der Waals surface area contributed by atoms with Crippen molar-refractivity contribution in [3.05, 3.63) is 0 Å². The van der Waals surface area contributed by atoms with E-state index in [2.05, 4.69) is 0 Å². The zero-order valence-corrected chi connectivity index (χ0v) is 10.9. The molecule has 7 heteroatoms. The number of likely N-dealkylation sites (N-methyl/N-ethyl adjacent to an activating group) is 1. The monoisotopic (exact) mass is 267 g/mol. The number of amides is 1. The van der Waals surface area contributed by atoms with E-state index in [-0.39, 0.29) is 6.04 Å². The highest BCUT2D eigenvalue weighted by atomic mass is 19.4. The van der Waals surface area contributed by atoms with E-state index < -0.39 is 17.6 Å². The molecule has 0 aromatic heterocycles. The third-order valence-corrected chi connectivity index (χ3v) is 3.34. The van der Waals surface area contributed by atoms with Crippen LogP contribution in [0, 0.1) is 0 Å². The Kier molecular flexibility index (Phi) is 4.27. The molecule has 1 aliphatic heterocycles. The Morgan fingerprint density at radius 2 is 1.89 bits per heavy atom. The molecule has 2 N–H and O–H groups in total. The van der Waals surface area contributed by atoms with Crippen molar-refractivity contribution in [2.75, 3.05) is 26.7 Å². The minimum atomic E-state index is -4.73. The Morgan fingerprint density at radius 1 is 1.33 bits per heavy atom. The fourth-order valence-corrected chi connectivity index (χ4v) is 2.09. The van der Waals surface area contributed by atoms with Crippen LogP contribution in [-0.2, 0) is 4.79 Å². The van der Waals surface area contributed by atoms with Crippen LogP contribution in [0.4, 0.5) is 13.2 Å². The van der Waals surface area contributed by atoms with Crippen molar-refractivity contribution < 1.29 is 18.0 Å². The molecule has 2 unspecified atom stereocenters. The van der Waals surface area contributed by atoms with Crippen LogP contribution in [-0.4, -0.2) is 60.1 Å². The van der Waals surface area contributed by atoms with Crippen LogP contribution in [0.2, 0.25) is 0 Å². The third kappa shape index (κ3) is 2.95. The smallest absolute Gasteiger partial charge is 0.337 e. The van der Waals surface area contributed by atoms with Gasteiger partial charge < -0.3 is 15.5 Å². The Hall–Kier alpha value is -0.820. The fraction of sp³-hybridized carbons (Fsp3) is 0.909. The highest BCUT2D eigenvalue weighted by Gasteiger charge is 2.55. The van der Waals surface area contributed by atoms with Gasteiger partial charge in [0.05, 0.1) is 0 Å². The Balaban J connectivity index is 2.89. The number of carbonyl (C=O) groups is 1. The van der Waals surface area contributed by atoms with Crippen molar-refractivity contribution in [3.8, 4) is 0 Å². The van der Waals surface area contributed by atoms with E-state index in [4.69, 9.17) is 5.73 Å². The predicted molar refractivity (Wildman–Crippen MR) is 61.9 cm³/mol. The van der Waals surface area contributed by atoms with Gasteiger partial charge in [-0.3, -0.25) is 4.79 Å². The number of alkyl halides is 3. The fourth-order valence-electron chi connectivity index (χ4n) is 2.09. The summed E-state index contributed by atoms with van der Waals surface area (Å²) in [4.78, 5) is 15.2. The quantitative estimate of drug-likeness (QED) is 0.765. The normalized spacial score (nSPS) is 26.6. The summed E-state index contributed by atoms with van der Waals surface area (Å²) < 4.78 is 38.3. The van der Waals surface area contributed by atoms with E-state index in [9.17, 15) is 18.0 Å². The van der Waals surface area contributed by atoms with Crippen LogP contribution in [0.5, 0.6) is 0 Å². The average Bonchev–Trinajstić information content (AvgIpc) is 2.36. The molecule has 0 aromatic rings. The summed E-state index contributed by atoms with van der Waals surface area (Å²) in [5, 5.41) is 0. The molecule has 1 heterocycles. The number of carbonyl (C=O) groups excluding carboxylic acids is 1. The summed E-state index contributed by atoms with van der Waals surface area (Å²) in [6.45, 7) is 4.11. The lowest BCUT2D eigenvalue weighted by Crippen LogP contribution is -2.63. The molecule has 106 valence electrons. The molecule has 18 heavy (non-hydrogen) atoms. The first-order valence-electron chi connectivity index (χ1n) is 5.92. The first-order chi connectivity index (χ1) is 8.07. The molecule has 1 fully saturated rings. The molecule has 0 aliphatic carbocycles. The Labute approximate surface area is 105 Å². The van der Waals surface area contributed by atoms with E-state index in [0.29, 0.717) is 19.5 Å². The van der Waals surface area contributed by atoms with Crippen molar-refractivity contribution >= 4 is 5.91 Å². The van der Waals surface area contributed by atoms with Crippen molar-refractivity contribution in [2.24, 2.45) is 5.73 Å². The van der Waals surface area contributed by atoms with Gasteiger partial charge in [0, 0.05) is 19.1 Å². The number of hydrogen-bond donors (Lipinski definition) is 1. The van der Waals surface area contributed by atoms with Gasteiger partial charge in [-0.2, -0.15) is 13.2 Å². The summed E-state index contributed by atoms with van der Waals surface area (Å²) in [6.07, 6.45) is -4.08. The van der Waals surface area contributed by atoms with Crippen molar-refractivity contribution in [2.45, 2.75) is 38.0 Å². The molecule has 1 aliphatic rings. The lowest BCUT2D eigenvalue weighted by molar-refractivity contribution is -0.194. The van der Waals surface area contributed by atoms with E-state index >= 15 is 0 Å². The first kappa shape index (κ1) is 15.2. The van der Waals surface area contributed by atoms with E-state index in [0.717, 1.165) is 13.5 Å². The maximum Gasteiger partial charge on any atom is 0.415 e. The summed E-state index contributed by atoms with van der Waals surface area (Å²) in [7, 11) is 1.88. The molecule has 2 atom stereocenters. The van der Waals surface area contributed by atoms with Gasteiger partial charge in [-0.25, -0.2) is 0 Å². The molecule has 0 saturated carbocycles. The number of nitrogens with zero attached hydrogens (tertiary/aromatic N) is 2. The van der Waals surface area contributed by atoms with Gasteiger partial charge in [-0.1, -0.05) is 0 Å². The maximum atomic E-state index is 12.8. The minimum Gasteiger partial charge on any atom is -0.337 e. The molecule has 0 radical (unpaired) electrons. The van der Waals surface area contributed by atoms with Gasteiger partial charge >= 0.3 is 6.18 Å². The molecule has 0 bridgehead atoms. The molecular formula is C11H20F3N3O. The van der Waals surface area contributed by atoms with Crippen LogP contribution in [0.25, 0.3) is 0 Å². The molecule has 0 aromatic carbocycles. The van der Waals surface area contributed by atoms with E-state index in [1.165, 1.54) is 4.90 Å². The molecule has 0 spiro atoms. The van der Waals surface area contributed by atoms with Gasteiger partial charge in [-0.15, -0.1) is 0 Å². The summed E-state index contributed by atoms with van der Waals surface area (Å²) >= 11 is 0. The second kappa shape index (κ2) is 5.05. The van der Waals surface area contributed by atoms with Crippen LogP contribution >= 0.6 is 0 Å².